The van der Waals surface area contributed by atoms with Crippen LogP contribution in [-0.2, 0) is 11.3 Å². The summed E-state index contributed by atoms with van der Waals surface area (Å²) in [6.45, 7) is 6.71. The standard InChI is InChI=1S/C14H23ClN2O/c1-5-17(11(2)10-18-4)14-7-6-12(9-16-3)8-13(14)15/h6-8,11,16H,5,9-10H2,1-4H3. The van der Waals surface area contributed by atoms with E-state index in [1.807, 2.05) is 13.1 Å². The first-order valence-electron chi connectivity index (χ1n) is 6.32. The number of likely N-dealkylation sites (N-methyl/N-ethyl adjacent to an activating group) is 1. The molecule has 0 spiro atoms. The third-order valence-electron chi connectivity index (χ3n) is 2.98. The molecule has 4 heteroatoms. The summed E-state index contributed by atoms with van der Waals surface area (Å²) in [7, 11) is 3.66. The first kappa shape index (κ1) is 15.3. The number of ether oxygens (including phenoxy) is 1. The molecule has 0 saturated heterocycles. The van der Waals surface area contributed by atoms with Crippen molar-refractivity contribution < 1.29 is 4.74 Å². The van der Waals surface area contributed by atoms with E-state index in [-0.39, 0.29) is 0 Å². The van der Waals surface area contributed by atoms with Crippen LogP contribution in [0.2, 0.25) is 5.02 Å². The van der Waals surface area contributed by atoms with Crippen LogP contribution in [-0.4, -0.2) is 33.4 Å². The van der Waals surface area contributed by atoms with Crippen molar-refractivity contribution in [2.75, 3.05) is 32.2 Å². The summed E-state index contributed by atoms with van der Waals surface area (Å²) < 4.78 is 5.22. The minimum absolute atomic E-state index is 0.313. The minimum atomic E-state index is 0.313. The molecule has 0 saturated carbocycles. The highest BCUT2D eigenvalue weighted by Gasteiger charge is 2.15. The number of hydrogen-bond acceptors (Lipinski definition) is 3. The summed E-state index contributed by atoms with van der Waals surface area (Å²) in [6.07, 6.45) is 0. The number of nitrogens with zero attached hydrogens (tertiary/aromatic N) is 1. The van der Waals surface area contributed by atoms with E-state index in [4.69, 9.17) is 16.3 Å². The van der Waals surface area contributed by atoms with E-state index >= 15 is 0 Å². The molecule has 0 amide bonds. The number of nitrogens with one attached hydrogen (secondary N) is 1. The van der Waals surface area contributed by atoms with Gasteiger partial charge in [-0.25, -0.2) is 0 Å². The zero-order valence-corrected chi connectivity index (χ0v) is 12.4. The zero-order chi connectivity index (χ0) is 13.5. The van der Waals surface area contributed by atoms with Crippen LogP contribution < -0.4 is 10.2 Å². The topological polar surface area (TPSA) is 24.5 Å². The maximum atomic E-state index is 6.37. The number of methoxy groups -OCH3 is 1. The van der Waals surface area contributed by atoms with E-state index in [0.717, 1.165) is 23.8 Å². The van der Waals surface area contributed by atoms with Gasteiger partial charge in [0.15, 0.2) is 0 Å². The van der Waals surface area contributed by atoms with E-state index in [2.05, 4.69) is 36.2 Å². The molecule has 1 aromatic carbocycles. The Balaban J connectivity index is 2.92. The molecule has 0 aliphatic rings. The molecular weight excluding hydrogens is 248 g/mol. The first-order valence-corrected chi connectivity index (χ1v) is 6.70. The Morgan fingerprint density at radius 2 is 2.17 bits per heavy atom. The summed E-state index contributed by atoms with van der Waals surface area (Å²) >= 11 is 6.37. The number of halogens is 1. The van der Waals surface area contributed by atoms with Crippen LogP contribution in [0.4, 0.5) is 5.69 Å². The molecule has 0 aromatic heterocycles. The van der Waals surface area contributed by atoms with Gasteiger partial charge in [-0.05, 0) is 38.6 Å². The summed E-state index contributed by atoms with van der Waals surface area (Å²) in [5, 5.41) is 3.92. The van der Waals surface area contributed by atoms with Crippen molar-refractivity contribution in [2.24, 2.45) is 0 Å². The van der Waals surface area contributed by atoms with Gasteiger partial charge < -0.3 is 15.0 Å². The van der Waals surface area contributed by atoms with Crippen LogP contribution in [0.3, 0.4) is 0 Å². The average molecular weight is 271 g/mol. The summed E-state index contributed by atoms with van der Waals surface area (Å²) in [4.78, 5) is 2.26. The Kier molecular flexibility index (Phi) is 6.47. The molecule has 0 fully saturated rings. The van der Waals surface area contributed by atoms with Gasteiger partial charge in [-0.1, -0.05) is 17.7 Å². The second-order valence-corrected chi connectivity index (χ2v) is 4.81. The highest BCUT2D eigenvalue weighted by Crippen LogP contribution is 2.28. The summed E-state index contributed by atoms with van der Waals surface area (Å²) in [6, 6.07) is 6.53. The molecule has 1 atom stereocenters. The lowest BCUT2D eigenvalue weighted by Gasteiger charge is -2.30. The monoisotopic (exact) mass is 270 g/mol. The minimum Gasteiger partial charge on any atom is -0.383 e. The van der Waals surface area contributed by atoms with Gasteiger partial charge in [0.2, 0.25) is 0 Å². The van der Waals surface area contributed by atoms with E-state index in [1.54, 1.807) is 7.11 Å². The Hall–Kier alpha value is -0.770. The normalized spacial score (nSPS) is 12.5. The largest absolute Gasteiger partial charge is 0.383 e. The van der Waals surface area contributed by atoms with Gasteiger partial charge >= 0.3 is 0 Å². The maximum absolute atomic E-state index is 6.37. The molecule has 102 valence electrons. The highest BCUT2D eigenvalue weighted by molar-refractivity contribution is 6.33. The van der Waals surface area contributed by atoms with E-state index in [9.17, 15) is 0 Å². The third-order valence-corrected chi connectivity index (χ3v) is 3.29. The van der Waals surface area contributed by atoms with Crippen LogP contribution in [0, 0.1) is 0 Å². The molecule has 0 heterocycles. The van der Waals surface area contributed by atoms with Crippen molar-refractivity contribution in [3.8, 4) is 0 Å². The van der Waals surface area contributed by atoms with Crippen LogP contribution in [0.1, 0.15) is 19.4 Å². The van der Waals surface area contributed by atoms with Crippen molar-refractivity contribution >= 4 is 17.3 Å². The van der Waals surface area contributed by atoms with Gasteiger partial charge in [0, 0.05) is 26.2 Å². The average Bonchev–Trinajstić information content (AvgIpc) is 2.33. The molecule has 1 aromatic rings. The SMILES string of the molecule is CCN(c1ccc(CNC)cc1Cl)C(C)COC. The van der Waals surface area contributed by atoms with Crippen molar-refractivity contribution in [1.29, 1.82) is 0 Å². The lowest BCUT2D eigenvalue weighted by molar-refractivity contribution is 0.182. The molecule has 3 nitrogen and oxygen atoms in total. The fourth-order valence-corrected chi connectivity index (χ4v) is 2.46. The van der Waals surface area contributed by atoms with Gasteiger partial charge in [-0.2, -0.15) is 0 Å². The molecule has 1 unspecified atom stereocenters. The number of rotatable bonds is 7. The van der Waals surface area contributed by atoms with Gasteiger partial charge in [0.1, 0.15) is 0 Å². The molecule has 0 aliphatic carbocycles. The fraction of sp³-hybridized carbons (Fsp3) is 0.571. The Labute approximate surface area is 115 Å². The number of benzene rings is 1. The quantitative estimate of drug-likeness (QED) is 0.825. The van der Waals surface area contributed by atoms with Crippen molar-refractivity contribution in [2.45, 2.75) is 26.4 Å². The van der Waals surface area contributed by atoms with Gasteiger partial charge in [0.25, 0.3) is 0 Å². The summed E-state index contributed by atoms with van der Waals surface area (Å²) in [5.74, 6) is 0. The lowest BCUT2D eigenvalue weighted by Crippen LogP contribution is -2.36. The lowest BCUT2D eigenvalue weighted by atomic mass is 10.1. The van der Waals surface area contributed by atoms with E-state index in [1.165, 1.54) is 5.56 Å². The fourth-order valence-electron chi connectivity index (χ4n) is 2.15. The Bertz CT molecular complexity index is 371. The molecule has 0 bridgehead atoms. The molecule has 0 aliphatic heterocycles. The molecule has 0 radical (unpaired) electrons. The third kappa shape index (κ3) is 3.87. The maximum Gasteiger partial charge on any atom is 0.0663 e. The molecular formula is C14H23ClN2O. The van der Waals surface area contributed by atoms with Crippen LogP contribution >= 0.6 is 11.6 Å². The predicted molar refractivity (Wildman–Crippen MR) is 78.6 cm³/mol. The highest BCUT2D eigenvalue weighted by atomic mass is 35.5. The van der Waals surface area contributed by atoms with Crippen molar-refractivity contribution in [1.82, 2.24) is 5.32 Å². The number of hydrogen-bond donors (Lipinski definition) is 1. The van der Waals surface area contributed by atoms with Gasteiger partial charge in [-0.3, -0.25) is 0 Å². The zero-order valence-electron chi connectivity index (χ0n) is 11.7. The first-order chi connectivity index (χ1) is 8.63. The smallest absolute Gasteiger partial charge is 0.0663 e. The van der Waals surface area contributed by atoms with Gasteiger partial charge in [0.05, 0.1) is 17.3 Å². The van der Waals surface area contributed by atoms with E-state index in [0.29, 0.717) is 12.6 Å². The van der Waals surface area contributed by atoms with E-state index < -0.39 is 0 Å². The van der Waals surface area contributed by atoms with Crippen LogP contribution in [0.5, 0.6) is 0 Å². The molecule has 1 rings (SSSR count). The number of anilines is 1. The van der Waals surface area contributed by atoms with Crippen LogP contribution in [0.25, 0.3) is 0 Å². The second-order valence-electron chi connectivity index (χ2n) is 4.41. The second kappa shape index (κ2) is 7.62. The predicted octanol–water partition coefficient (Wildman–Crippen LogP) is 2.92. The van der Waals surface area contributed by atoms with Crippen molar-refractivity contribution in [3.05, 3.63) is 28.8 Å². The Morgan fingerprint density at radius 1 is 1.44 bits per heavy atom. The van der Waals surface area contributed by atoms with Gasteiger partial charge in [-0.15, -0.1) is 0 Å². The Morgan fingerprint density at radius 3 is 2.67 bits per heavy atom. The van der Waals surface area contributed by atoms with Crippen LogP contribution in [0.15, 0.2) is 18.2 Å². The molecule has 1 N–H and O–H groups in total. The van der Waals surface area contributed by atoms with Crippen molar-refractivity contribution in [3.63, 3.8) is 0 Å². The molecule has 18 heavy (non-hydrogen) atoms. The summed E-state index contributed by atoms with van der Waals surface area (Å²) in [5.41, 5.74) is 2.27.